The van der Waals surface area contributed by atoms with E-state index < -0.39 is 17.7 Å². The number of hydrogen-bond donors (Lipinski definition) is 2. The van der Waals surface area contributed by atoms with Crippen LogP contribution in [0.1, 0.15) is 30.2 Å². The van der Waals surface area contributed by atoms with Crippen LogP contribution in [0, 0.1) is 11.6 Å². The molecule has 112 valence electrons. The van der Waals surface area contributed by atoms with Crippen molar-refractivity contribution in [3.63, 3.8) is 0 Å². The fraction of sp³-hybridized carbons (Fsp3) is 0.250. The molecule has 2 atom stereocenters. The Hall–Kier alpha value is -1.30. The molecule has 0 aliphatic carbocycles. The van der Waals surface area contributed by atoms with Crippen molar-refractivity contribution in [2.75, 3.05) is 6.54 Å². The van der Waals surface area contributed by atoms with Gasteiger partial charge in [-0.3, -0.25) is 0 Å². The largest absolute Gasteiger partial charge is 0.387 e. The molecule has 0 spiro atoms. The molecule has 0 fully saturated rings. The SMILES string of the molecule is C[C@@H](NCC(O)c1c(F)cccc1F)c1ccccc1Br. The molecule has 21 heavy (non-hydrogen) atoms. The van der Waals surface area contributed by atoms with Crippen molar-refractivity contribution in [1.82, 2.24) is 5.32 Å². The molecule has 1 unspecified atom stereocenters. The molecule has 0 aromatic heterocycles. The zero-order valence-corrected chi connectivity index (χ0v) is 13.1. The minimum absolute atomic E-state index is 0.0559. The highest BCUT2D eigenvalue weighted by atomic mass is 79.9. The van der Waals surface area contributed by atoms with E-state index in [2.05, 4.69) is 21.2 Å². The van der Waals surface area contributed by atoms with E-state index in [1.165, 1.54) is 6.07 Å². The van der Waals surface area contributed by atoms with E-state index in [4.69, 9.17) is 0 Å². The Kier molecular flexibility index (Phi) is 5.45. The summed E-state index contributed by atoms with van der Waals surface area (Å²) in [6.07, 6.45) is -1.24. The number of benzene rings is 2. The number of nitrogens with one attached hydrogen (secondary N) is 1. The summed E-state index contributed by atoms with van der Waals surface area (Å²) >= 11 is 3.45. The molecule has 2 N–H and O–H groups in total. The number of halogens is 3. The Balaban J connectivity index is 2.04. The minimum Gasteiger partial charge on any atom is -0.387 e. The molecular weight excluding hydrogens is 340 g/mol. The maximum absolute atomic E-state index is 13.6. The molecule has 2 aromatic carbocycles. The van der Waals surface area contributed by atoms with Gasteiger partial charge in [0.05, 0.1) is 11.7 Å². The first-order valence-corrected chi connectivity index (χ1v) is 7.39. The van der Waals surface area contributed by atoms with Crippen LogP contribution in [-0.4, -0.2) is 11.7 Å². The van der Waals surface area contributed by atoms with Crippen molar-refractivity contribution in [2.24, 2.45) is 0 Å². The Bertz CT molecular complexity index is 601. The van der Waals surface area contributed by atoms with Crippen LogP contribution in [0.3, 0.4) is 0 Å². The van der Waals surface area contributed by atoms with Crippen LogP contribution < -0.4 is 5.32 Å². The molecule has 2 aromatic rings. The molecule has 0 bridgehead atoms. The zero-order valence-electron chi connectivity index (χ0n) is 11.5. The van der Waals surface area contributed by atoms with Crippen LogP contribution >= 0.6 is 15.9 Å². The lowest BCUT2D eigenvalue weighted by Gasteiger charge is -2.19. The van der Waals surface area contributed by atoms with Gasteiger partial charge in [0.1, 0.15) is 11.6 Å². The highest BCUT2D eigenvalue weighted by molar-refractivity contribution is 9.10. The van der Waals surface area contributed by atoms with E-state index in [-0.39, 0.29) is 18.2 Å². The molecule has 5 heteroatoms. The normalized spacial score (nSPS) is 14.0. The highest BCUT2D eigenvalue weighted by Gasteiger charge is 2.18. The number of aliphatic hydroxyl groups is 1. The van der Waals surface area contributed by atoms with Crippen LogP contribution in [0.4, 0.5) is 8.78 Å². The minimum atomic E-state index is -1.24. The van der Waals surface area contributed by atoms with Gasteiger partial charge in [0.25, 0.3) is 0 Å². The summed E-state index contributed by atoms with van der Waals surface area (Å²) in [6, 6.07) is 11.2. The third kappa shape index (κ3) is 3.87. The summed E-state index contributed by atoms with van der Waals surface area (Å²) in [4.78, 5) is 0. The Morgan fingerprint density at radius 2 is 1.71 bits per heavy atom. The van der Waals surface area contributed by atoms with Crippen molar-refractivity contribution < 1.29 is 13.9 Å². The number of rotatable bonds is 5. The number of aliphatic hydroxyl groups excluding tert-OH is 1. The van der Waals surface area contributed by atoms with Gasteiger partial charge in [-0.2, -0.15) is 0 Å². The molecular formula is C16H16BrF2NO. The van der Waals surface area contributed by atoms with Crippen LogP contribution in [0.15, 0.2) is 46.9 Å². The molecule has 0 aliphatic heterocycles. The molecule has 0 saturated carbocycles. The van der Waals surface area contributed by atoms with Crippen molar-refractivity contribution in [3.05, 3.63) is 69.7 Å². The average molecular weight is 356 g/mol. The van der Waals surface area contributed by atoms with Crippen LogP contribution in [0.25, 0.3) is 0 Å². The van der Waals surface area contributed by atoms with Gasteiger partial charge in [0.2, 0.25) is 0 Å². The molecule has 0 amide bonds. The van der Waals surface area contributed by atoms with Gasteiger partial charge in [-0.25, -0.2) is 8.78 Å². The Morgan fingerprint density at radius 1 is 1.10 bits per heavy atom. The summed E-state index contributed by atoms with van der Waals surface area (Å²) in [5, 5.41) is 13.1. The molecule has 0 saturated heterocycles. The highest BCUT2D eigenvalue weighted by Crippen LogP contribution is 2.24. The van der Waals surface area contributed by atoms with Gasteiger partial charge in [-0.05, 0) is 30.7 Å². The second kappa shape index (κ2) is 7.11. The van der Waals surface area contributed by atoms with E-state index in [1.807, 2.05) is 31.2 Å². The Labute approximate surface area is 130 Å². The maximum atomic E-state index is 13.6. The lowest BCUT2D eigenvalue weighted by molar-refractivity contribution is 0.161. The summed E-state index contributed by atoms with van der Waals surface area (Å²) in [6.45, 7) is 1.98. The van der Waals surface area contributed by atoms with Crippen molar-refractivity contribution in [2.45, 2.75) is 19.1 Å². The Morgan fingerprint density at radius 3 is 2.33 bits per heavy atom. The lowest BCUT2D eigenvalue weighted by atomic mass is 10.1. The van der Waals surface area contributed by atoms with Crippen LogP contribution in [0.5, 0.6) is 0 Å². The predicted octanol–water partition coefficient (Wildman–Crippen LogP) is 4.11. The van der Waals surface area contributed by atoms with E-state index in [0.29, 0.717) is 0 Å². The molecule has 2 nitrogen and oxygen atoms in total. The topological polar surface area (TPSA) is 32.3 Å². The second-order valence-electron chi connectivity index (χ2n) is 4.80. The van der Waals surface area contributed by atoms with E-state index >= 15 is 0 Å². The van der Waals surface area contributed by atoms with E-state index in [0.717, 1.165) is 22.2 Å². The van der Waals surface area contributed by atoms with Crippen molar-refractivity contribution in [1.29, 1.82) is 0 Å². The summed E-state index contributed by atoms with van der Waals surface area (Å²) in [7, 11) is 0. The second-order valence-corrected chi connectivity index (χ2v) is 5.66. The molecule has 0 heterocycles. The van der Waals surface area contributed by atoms with Gasteiger partial charge in [0.15, 0.2) is 0 Å². The first-order valence-electron chi connectivity index (χ1n) is 6.60. The quantitative estimate of drug-likeness (QED) is 0.845. The third-order valence-corrected chi connectivity index (χ3v) is 4.04. The predicted molar refractivity (Wildman–Crippen MR) is 81.9 cm³/mol. The smallest absolute Gasteiger partial charge is 0.131 e. The van der Waals surface area contributed by atoms with Crippen LogP contribution in [0.2, 0.25) is 0 Å². The van der Waals surface area contributed by atoms with Crippen molar-refractivity contribution in [3.8, 4) is 0 Å². The maximum Gasteiger partial charge on any atom is 0.131 e. The van der Waals surface area contributed by atoms with E-state index in [1.54, 1.807) is 0 Å². The van der Waals surface area contributed by atoms with Gasteiger partial charge in [-0.1, -0.05) is 40.2 Å². The molecule has 0 radical (unpaired) electrons. The molecule has 0 aliphatic rings. The number of hydrogen-bond acceptors (Lipinski definition) is 2. The van der Waals surface area contributed by atoms with Gasteiger partial charge >= 0.3 is 0 Å². The fourth-order valence-electron chi connectivity index (χ4n) is 2.16. The molecule has 2 rings (SSSR count). The lowest BCUT2D eigenvalue weighted by Crippen LogP contribution is -2.26. The standard InChI is InChI=1S/C16H16BrF2NO/c1-10(11-5-2-3-6-12(11)17)20-9-15(21)16-13(18)7-4-8-14(16)19/h2-8,10,15,20-21H,9H2,1H3/t10-,15?/m1/s1. The summed E-state index contributed by atoms with van der Waals surface area (Å²) in [5.41, 5.74) is 0.711. The van der Waals surface area contributed by atoms with Gasteiger partial charge < -0.3 is 10.4 Å². The monoisotopic (exact) mass is 355 g/mol. The summed E-state index contributed by atoms with van der Waals surface area (Å²) in [5.74, 6) is -1.48. The van der Waals surface area contributed by atoms with E-state index in [9.17, 15) is 13.9 Å². The first-order chi connectivity index (χ1) is 10.0. The summed E-state index contributed by atoms with van der Waals surface area (Å²) < 4.78 is 28.1. The van der Waals surface area contributed by atoms with Gasteiger partial charge in [0, 0.05) is 17.1 Å². The first kappa shape index (κ1) is 16.1. The third-order valence-electron chi connectivity index (χ3n) is 3.32. The van der Waals surface area contributed by atoms with Gasteiger partial charge in [-0.15, -0.1) is 0 Å². The van der Waals surface area contributed by atoms with Crippen LogP contribution in [-0.2, 0) is 0 Å². The fourth-order valence-corrected chi connectivity index (χ4v) is 2.78. The average Bonchev–Trinajstić information content (AvgIpc) is 2.45. The zero-order chi connectivity index (χ0) is 15.4. The van der Waals surface area contributed by atoms with Crippen molar-refractivity contribution >= 4 is 15.9 Å².